The Hall–Kier alpha value is -1.74. The molecule has 0 spiro atoms. The second-order valence-electron chi connectivity index (χ2n) is 4.68. The van der Waals surface area contributed by atoms with Crippen molar-refractivity contribution in [2.75, 3.05) is 0 Å². The molecule has 0 aliphatic carbocycles. The van der Waals surface area contributed by atoms with Crippen molar-refractivity contribution in [3.63, 3.8) is 0 Å². The largest absolute Gasteiger partial charge is 0.423 e. The maximum atomic E-state index is 12.0. The third kappa shape index (κ3) is 4.14. The van der Waals surface area contributed by atoms with Crippen molar-refractivity contribution in [3.8, 4) is 5.75 Å². The molecule has 0 bridgehead atoms. The highest BCUT2D eigenvalue weighted by atomic mass is 32.1. The molecule has 0 saturated carbocycles. The van der Waals surface area contributed by atoms with E-state index in [2.05, 4.69) is 19.6 Å². The van der Waals surface area contributed by atoms with Crippen LogP contribution >= 0.6 is 12.6 Å². The van der Waals surface area contributed by atoms with Crippen LogP contribution in [0.15, 0.2) is 53.4 Å². The first-order chi connectivity index (χ1) is 9.69. The highest BCUT2D eigenvalue weighted by Gasteiger charge is 2.08. The van der Waals surface area contributed by atoms with Crippen LogP contribution in [-0.4, -0.2) is 5.97 Å². The Balaban J connectivity index is 2.00. The number of benzene rings is 2. The Bertz CT molecular complexity index is 559. The smallest absolute Gasteiger partial charge is 0.343 e. The minimum atomic E-state index is -0.334. The van der Waals surface area contributed by atoms with E-state index in [1.165, 1.54) is 18.4 Å². The molecule has 104 valence electrons. The van der Waals surface area contributed by atoms with Gasteiger partial charge in [0.2, 0.25) is 0 Å². The van der Waals surface area contributed by atoms with Gasteiger partial charge in [-0.15, -0.1) is 12.6 Å². The van der Waals surface area contributed by atoms with E-state index in [0.29, 0.717) is 11.3 Å². The van der Waals surface area contributed by atoms with E-state index in [1.54, 1.807) is 24.3 Å². The molecular weight excluding hydrogens is 268 g/mol. The van der Waals surface area contributed by atoms with Crippen LogP contribution < -0.4 is 4.74 Å². The minimum Gasteiger partial charge on any atom is -0.423 e. The molecule has 0 amide bonds. The summed E-state index contributed by atoms with van der Waals surface area (Å²) in [4.78, 5) is 12.8. The molecule has 0 aromatic heterocycles. The fourth-order valence-electron chi connectivity index (χ4n) is 1.87. The Morgan fingerprint density at radius 1 is 1.05 bits per heavy atom. The SMILES string of the molecule is CCCCc1ccc(C(=O)Oc2ccc(S)cc2)cc1. The van der Waals surface area contributed by atoms with E-state index in [1.807, 2.05) is 24.3 Å². The van der Waals surface area contributed by atoms with Crippen LogP contribution in [0.5, 0.6) is 5.75 Å². The summed E-state index contributed by atoms with van der Waals surface area (Å²) in [6, 6.07) is 14.7. The molecule has 20 heavy (non-hydrogen) atoms. The van der Waals surface area contributed by atoms with E-state index in [9.17, 15) is 4.79 Å². The second kappa shape index (κ2) is 7.15. The van der Waals surface area contributed by atoms with Crippen LogP contribution in [-0.2, 0) is 6.42 Å². The van der Waals surface area contributed by atoms with E-state index >= 15 is 0 Å². The number of thiol groups is 1. The number of aryl methyl sites for hydroxylation is 1. The highest BCUT2D eigenvalue weighted by molar-refractivity contribution is 7.80. The Kier molecular flexibility index (Phi) is 5.24. The Morgan fingerprint density at radius 2 is 1.70 bits per heavy atom. The van der Waals surface area contributed by atoms with Crippen molar-refractivity contribution in [2.24, 2.45) is 0 Å². The predicted molar refractivity (Wildman–Crippen MR) is 83.7 cm³/mol. The molecule has 0 unspecified atom stereocenters. The molecule has 0 atom stereocenters. The van der Waals surface area contributed by atoms with Crippen molar-refractivity contribution in [2.45, 2.75) is 31.1 Å². The van der Waals surface area contributed by atoms with Gasteiger partial charge in [0.15, 0.2) is 0 Å². The van der Waals surface area contributed by atoms with Gasteiger partial charge in [0.25, 0.3) is 0 Å². The fourth-order valence-corrected chi connectivity index (χ4v) is 2.02. The number of carbonyl (C=O) groups is 1. The van der Waals surface area contributed by atoms with Crippen molar-refractivity contribution >= 4 is 18.6 Å². The van der Waals surface area contributed by atoms with E-state index in [4.69, 9.17) is 4.74 Å². The maximum Gasteiger partial charge on any atom is 0.343 e. The number of rotatable bonds is 5. The zero-order chi connectivity index (χ0) is 14.4. The minimum absolute atomic E-state index is 0.334. The summed E-state index contributed by atoms with van der Waals surface area (Å²) in [5.41, 5.74) is 1.82. The fraction of sp³-hybridized carbons (Fsp3) is 0.235. The van der Waals surface area contributed by atoms with Crippen LogP contribution in [0, 0.1) is 0 Å². The number of unbranched alkanes of at least 4 members (excludes halogenated alkanes) is 1. The summed E-state index contributed by atoms with van der Waals surface area (Å²) in [5.74, 6) is 0.196. The van der Waals surface area contributed by atoms with Gasteiger partial charge in [-0.25, -0.2) is 4.79 Å². The first kappa shape index (κ1) is 14.7. The third-order valence-electron chi connectivity index (χ3n) is 3.06. The van der Waals surface area contributed by atoms with Crippen LogP contribution in [0.3, 0.4) is 0 Å². The van der Waals surface area contributed by atoms with E-state index in [-0.39, 0.29) is 5.97 Å². The first-order valence-electron chi connectivity index (χ1n) is 6.79. The molecule has 2 aromatic carbocycles. The molecule has 0 radical (unpaired) electrons. The molecule has 2 aromatic rings. The van der Waals surface area contributed by atoms with Gasteiger partial charge in [-0.2, -0.15) is 0 Å². The van der Waals surface area contributed by atoms with Crippen LogP contribution in [0.1, 0.15) is 35.7 Å². The number of hydrogen-bond donors (Lipinski definition) is 1. The van der Waals surface area contributed by atoms with Gasteiger partial charge in [0, 0.05) is 4.90 Å². The summed E-state index contributed by atoms with van der Waals surface area (Å²) >= 11 is 4.19. The molecule has 0 fully saturated rings. The van der Waals surface area contributed by atoms with Gasteiger partial charge in [-0.3, -0.25) is 0 Å². The van der Waals surface area contributed by atoms with Crippen molar-refractivity contribution in [3.05, 3.63) is 59.7 Å². The van der Waals surface area contributed by atoms with Crippen LogP contribution in [0.4, 0.5) is 0 Å². The monoisotopic (exact) mass is 286 g/mol. The Labute approximate surface area is 125 Å². The predicted octanol–water partition coefficient (Wildman–Crippen LogP) is 4.54. The zero-order valence-corrected chi connectivity index (χ0v) is 12.4. The molecule has 3 heteroatoms. The first-order valence-corrected chi connectivity index (χ1v) is 7.24. The summed E-state index contributed by atoms with van der Waals surface area (Å²) in [6.07, 6.45) is 3.39. The average molecular weight is 286 g/mol. The summed E-state index contributed by atoms with van der Waals surface area (Å²) < 4.78 is 5.30. The van der Waals surface area contributed by atoms with Gasteiger partial charge >= 0.3 is 5.97 Å². The van der Waals surface area contributed by atoms with E-state index < -0.39 is 0 Å². The number of hydrogen-bond acceptors (Lipinski definition) is 3. The number of esters is 1. The van der Waals surface area contributed by atoms with Crippen LogP contribution in [0.25, 0.3) is 0 Å². The molecule has 0 aliphatic rings. The lowest BCUT2D eigenvalue weighted by Gasteiger charge is -2.05. The number of ether oxygens (including phenoxy) is 1. The molecule has 0 heterocycles. The van der Waals surface area contributed by atoms with Gasteiger partial charge in [-0.1, -0.05) is 25.5 Å². The summed E-state index contributed by atoms with van der Waals surface area (Å²) in [5, 5.41) is 0. The summed E-state index contributed by atoms with van der Waals surface area (Å²) in [6.45, 7) is 2.17. The molecule has 0 aliphatic heterocycles. The van der Waals surface area contributed by atoms with Gasteiger partial charge in [0.05, 0.1) is 5.56 Å². The normalized spacial score (nSPS) is 10.3. The molecular formula is C17H18O2S. The lowest BCUT2D eigenvalue weighted by molar-refractivity contribution is 0.0734. The standard InChI is InChI=1S/C17H18O2S/c1-2-3-4-13-5-7-14(8-6-13)17(18)19-15-9-11-16(20)12-10-15/h5-12,20H,2-4H2,1H3. The summed E-state index contributed by atoms with van der Waals surface area (Å²) in [7, 11) is 0. The zero-order valence-electron chi connectivity index (χ0n) is 11.5. The lowest BCUT2D eigenvalue weighted by atomic mass is 10.1. The van der Waals surface area contributed by atoms with Crippen molar-refractivity contribution in [1.29, 1.82) is 0 Å². The number of carbonyl (C=O) groups excluding carboxylic acids is 1. The topological polar surface area (TPSA) is 26.3 Å². The average Bonchev–Trinajstić information content (AvgIpc) is 2.48. The second-order valence-corrected chi connectivity index (χ2v) is 5.20. The molecule has 0 N–H and O–H groups in total. The maximum absolute atomic E-state index is 12.0. The highest BCUT2D eigenvalue weighted by Crippen LogP contribution is 2.16. The van der Waals surface area contributed by atoms with Crippen molar-refractivity contribution in [1.82, 2.24) is 0 Å². The quantitative estimate of drug-likeness (QED) is 0.496. The molecule has 2 nitrogen and oxygen atoms in total. The lowest BCUT2D eigenvalue weighted by Crippen LogP contribution is -2.08. The van der Waals surface area contributed by atoms with Gasteiger partial charge < -0.3 is 4.74 Å². The molecule has 0 saturated heterocycles. The van der Waals surface area contributed by atoms with Crippen LogP contribution in [0.2, 0.25) is 0 Å². The van der Waals surface area contributed by atoms with E-state index in [0.717, 1.165) is 11.3 Å². The molecule has 2 rings (SSSR count). The third-order valence-corrected chi connectivity index (χ3v) is 3.35. The van der Waals surface area contributed by atoms with Crippen molar-refractivity contribution < 1.29 is 9.53 Å². The van der Waals surface area contributed by atoms with Gasteiger partial charge in [-0.05, 0) is 54.8 Å². The van der Waals surface area contributed by atoms with Gasteiger partial charge in [0.1, 0.15) is 5.75 Å². The Morgan fingerprint density at radius 3 is 2.30 bits per heavy atom.